The van der Waals surface area contributed by atoms with Crippen LogP contribution in [0.15, 0.2) is 52.4 Å². The van der Waals surface area contributed by atoms with Gasteiger partial charge in [0, 0.05) is 7.05 Å². The summed E-state index contributed by atoms with van der Waals surface area (Å²) in [5, 5.41) is 14.0. The summed E-state index contributed by atoms with van der Waals surface area (Å²) < 4.78 is 3.31. The van der Waals surface area contributed by atoms with Crippen molar-refractivity contribution in [2.24, 2.45) is 0 Å². The lowest BCUT2D eigenvalue weighted by molar-refractivity contribution is -0.117. The molecule has 0 aliphatic carbocycles. The Labute approximate surface area is 181 Å². The standard InChI is InChI=1S/C21H20N6O3S/c1-12-7-6-10-15(13(12)2)26-18(29)14-8-4-5-9-16(14)27-20(26)24-25-21(27)31-11-17(28)23-19(30)22-3/h4-10H,11H2,1-3H3,(H2,22,23,28,30). The molecule has 2 aromatic carbocycles. The summed E-state index contributed by atoms with van der Waals surface area (Å²) in [6.07, 6.45) is 0. The normalized spacial score (nSPS) is 11.1. The summed E-state index contributed by atoms with van der Waals surface area (Å²) >= 11 is 1.13. The first-order valence-corrected chi connectivity index (χ1v) is 10.5. The van der Waals surface area contributed by atoms with E-state index in [2.05, 4.69) is 20.8 Å². The van der Waals surface area contributed by atoms with Crippen molar-refractivity contribution in [2.45, 2.75) is 19.0 Å². The molecule has 10 heteroatoms. The fourth-order valence-corrected chi connectivity index (χ4v) is 4.06. The van der Waals surface area contributed by atoms with E-state index in [-0.39, 0.29) is 11.3 Å². The number of urea groups is 1. The Bertz CT molecular complexity index is 1390. The predicted octanol–water partition coefficient (Wildman–Crippen LogP) is 2.20. The van der Waals surface area contributed by atoms with Gasteiger partial charge in [0.1, 0.15) is 0 Å². The smallest absolute Gasteiger partial charge is 0.321 e. The largest absolute Gasteiger partial charge is 0.341 e. The number of hydrogen-bond donors (Lipinski definition) is 2. The predicted molar refractivity (Wildman–Crippen MR) is 119 cm³/mol. The Morgan fingerprint density at radius 1 is 1.06 bits per heavy atom. The first-order valence-electron chi connectivity index (χ1n) is 9.52. The van der Waals surface area contributed by atoms with Crippen molar-refractivity contribution in [2.75, 3.05) is 12.8 Å². The van der Waals surface area contributed by atoms with E-state index in [0.717, 1.165) is 28.6 Å². The van der Waals surface area contributed by atoms with Crippen molar-refractivity contribution in [1.82, 2.24) is 29.8 Å². The Hall–Kier alpha value is -3.66. The molecule has 0 fully saturated rings. The average Bonchev–Trinajstić information content (AvgIpc) is 3.19. The fourth-order valence-electron chi connectivity index (χ4n) is 3.32. The van der Waals surface area contributed by atoms with Crippen LogP contribution in [0.1, 0.15) is 11.1 Å². The minimum absolute atomic E-state index is 0.0366. The molecule has 4 rings (SSSR count). The van der Waals surface area contributed by atoms with Crippen LogP contribution in [-0.2, 0) is 4.79 Å². The van der Waals surface area contributed by atoms with Crippen LogP contribution in [-0.4, -0.2) is 43.9 Å². The lowest BCUT2D eigenvalue weighted by atomic mass is 10.1. The first kappa shape index (κ1) is 20.6. The molecule has 4 aromatic rings. The number of imide groups is 1. The summed E-state index contributed by atoms with van der Waals surface area (Å²) in [7, 11) is 1.43. The second kappa shape index (κ2) is 8.23. The molecule has 0 unspecified atom stereocenters. The van der Waals surface area contributed by atoms with Crippen molar-refractivity contribution in [3.63, 3.8) is 0 Å². The lowest BCUT2D eigenvalue weighted by Gasteiger charge is -2.14. The maximum absolute atomic E-state index is 13.4. The summed E-state index contributed by atoms with van der Waals surface area (Å²) in [5.41, 5.74) is 3.18. The van der Waals surface area contributed by atoms with Gasteiger partial charge in [-0.15, -0.1) is 10.2 Å². The monoisotopic (exact) mass is 436 g/mol. The number of benzene rings is 2. The zero-order valence-electron chi connectivity index (χ0n) is 17.2. The minimum atomic E-state index is -0.578. The number of hydrogen-bond acceptors (Lipinski definition) is 6. The van der Waals surface area contributed by atoms with Gasteiger partial charge in [0.25, 0.3) is 5.56 Å². The van der Waals surface area contributed by atoms with Crippen LogP contribution < -0.4 is 16.2 Å². The molecular formula is C21H20N6O3S. The minimum Gasteiger partial charge on any atom is -0.341 e. The molecule has 0 aliphatic rings. The number of rotatable bonds is 4. The maximum atomic E-state index is 13.4. The van der Waals surface area contributed by atoms with E-state index in [4.69, 9.17) is 0 Å². The van der Waals surface area contributed by atoms with Gasteiger partial charge in [-0.05, 0) is 43.2 Å². The average molecular weight is 436 g/mol. The molecule has 0 bridgehead atoms. The van der Waals surface area contributed by atoms with Gasteiger partial charge in [0.2, 0.25) is 11.7 Å². The highest BCUT2D eigenvalue weighted by molar-refractivity contribution is 7.99. The molecule has 0 saturated heterocycles. The number of carbonyl (C=O) groups is 2. The van der Waals surface area contributed by atoms with Gasteiger partial charge in [0.15, 0.2) is 5.16 Å². The van der Waals surface area contributed by atoms with Gasteiger partial charge < -0.3 is 5.32 Å². The zero-order valence-corrected chi connectivity index (χ0v) is 18.0. The number of carbonyl (C=O) groups excluding carboxylic acids is 2. The molecule has 0 spiro atoms. The van der Waals surface area contributed by atoms with E-state index in [1.165, 1.54) is 7.05 Å². The molecule has 0 aliphatic heterocycles. The number of aryl methyl sites for hydroxylation is 1. The third-order valence-corrected chi connectivity index (χ3v) is 5.95. The maximum Gasteiger partial charge on any atom is 0.321 e. The Morgan fingerprint density at radius 2 is 1.84 bits per heavy atom. The van der Waals surface area contributed by atoms with Crippen LogP contribution in [0.25, 0.3) is 22.4 Å². The van der Waals surface area contributed by atoms with Gasteiger partial charge in [-0.2, -0.15) is 0 Å². The molecule has 31 heavy (non-hydrogen) atoms. The number of fused-ring (bicyclic) bond motifs is 3. The molecule has 2 N–H and O–H groups in total. The topological polar surface area (TPSA) is 110 Å². The third-order valence-electron chi connectivity index (χ3n) is 5.02. The van der Waals surface area contributed by atoms with Gasteiger partial charge >= 0.3 is 6.03 Å². The molecule has 3 amide bonds. The summed E-state index contributed by atoms with van der Waals surface area (Å²) in [4.78, 5) is 36.8. The van der Waals surface area contributed by atoms with E-state index in [0.29, 0.717) is 21.8 Å². The highest BCUT2D eigenvalue weighted by Gasteiger charge is 2.20. The second-order valence-electron chi connectivity index (χ2n) is 6.91. The van der Waals surface area contributed by atoms with Crippen LogP contribution in [0.2, 0.25) is 0 Å². The quantitative estimate of drug-likeness (QED) is 0.475. The highest BCUT2D eigenvalue weighted by Crippen LogP contribution is 2.24. The molecule has 2 heterocycles. The van der Waals surface area contributed by atoms with Gasteiger partial charge in [-0.25, -0.2) is 9.36 Å². The Balaban J connectivity index is 1.90. The summed E-state index contributed by atoms with van der Waals surface area (Å²) in [6.45, 7) is 3.94. The van der Waals surface area contributed by atoms with Crippen molar-refractivity contribution in [1.29, 1.82) is 0 Å². The van der Waals surface area contributed by atoms with E-state index >= 15 is 0 Å². The molecule has 158 valence electrons. The number of amides is 3. The SMILES string of the molecule is CNC(=O)NC(=O)CSc1nnc2n(-c3cccc(C)c3C)c(=O)c3ccccc3n12. The number of aromatic nitrogens is 4. The van der Waals surface area contributed by atoms with Crippen LogP contribution in [0.3, 0.4) is 0 Å². The van der Waals surface area contributed by atoms with Gasteiger partial charge in [-0.3, -0.25) is 19.3 Å². The Kier molecular flexibility index (Phi) is 5.47. The van der Waals surface area contributed by atoms with E-state index in [1.807, 2.05) is 44.2 Å². The summed E-state index contributed by atoms with van der Waals surface area (Å²) in [5.74, 6) is -0.148. The van der Waals surface area contributed by atoms with Crippen LogP contribution in [0.5, 0.6) is 0 Å². The molecular weight excluding hydrogens is 416 g/mol. The first-order chi connectivity index (χ1) is 14.9. The number of thioether (sulfide) groups is 1. The van der Waals surface area contributed by atoms with Crippen LogP contribution in [0.4, 0.5) is 4.79 Å². The molecule has 0 radical (unpaired) electrons. The van der Waals surface area contributed by atoms with E-state index in [1.54, 1.807) is 21.1 Å². The zero-order chi connectivity index (χ0) is 22.1. The second-order valence-corrected chi connectivity index (χ2v) is 7.85. The van der Waals surface area contributed by atoms with Crippen molar-refractivity contribution < 1.29 is 9.59 Å². The van der Waals surface area contributed by atoms with Crippen LogP contribution >= 0.6 is 11.8 Å². The van der Waals surface area contributed by atoms with Crippen molar-refractivity contribution in [3.05, 3.63) is 63.9 Å². The number of nitrogens with zero attached hydrogens (tertiary/aromatic N) is 4. The molecule has 0 atom stereocenters. The van der Waals surface area contributed by atoms with Crippen LogP contribution in [0, 0.1) is 13.8 Å². The van der Waals surface area contributed by atoms with Gasteiger partial charge in [-0.1, -0.05) is 36.0 Å². The molecule has 0 saturated carbocycles. The third kappa shape index (κ3) is 3.66. The number of nitrogens with one attached hydrogen (secondary N) is 2. The highest BCUT2D eigenvalue weighted by atomic mass is 32.2. The van der Waals surface area contributed by atoms with Crippen molar-refractivity contribution >= 4 is 40.4 Å². The molecule has 9 nitrogen and oxygen atoms in total. The number of para-hydroxylation sites is 1. The molecule has 2 aromatic heterocycles. The summed E-state index contributed by atoms with van der Waals surface area (Å²) in [6, 6.07) is 12.4. The van der Waals surface area contributed by atoms with Crippen molar-refractivity contribution in [3.8, 4) is 5.69 Å². The lowest BCUT2D eigenvalue weighted by Crippen LogP contribution is -2.38. The Morgan fingerprint density at radius 3 is 2.61 bits per heavy atom. The van der Waals surface area contributed by atoms with E-state index < -0.39 is 11.9 Å². The van der Waals surface area contributed by atoms with Gasteiger partial charge in [0.05, 0.1) is 22.3 Å². The fraction of sp³-hybridized carbons (Fsp3) is 0.190. The van der Waals surface area contributed by atoms with E-state index in [9.17, 15) is 14.4 Å².